The lowest BCUT2D eigenvalue weighted by atomic mass is 10.2. The molecule has 0 spiro atoms. The van der Waals surface area contributed by atoms with Crippen LogP contribution in [0.2, 0.25) is 5.02 Å². The third-order valence-electron chi connectivity index (χ3n) is 7.18. The number of halogens is 1. The molecule has 5 rings (SSSR count). The van der Waals surface area contributed by atoms with Gasteiger partial charge < -0.3 is 19.9 Å². The maximum atomic E-state index is 13.1. The Hall–Kier alpha value is -3.36. The number of piperazine rings is 1. The Bertz CT molecular complexity index is 1660. The Labute approximate surface area is 267 Å². The van der Waals surface area contributed by atoms with Gasteiger partial charge in [0, 0.05) is 60.9 Å². The summed E-state index contributed by atoms with van der Waals surface area (Å²) in [7, 11) is 2.26. The van der Waals surface area contributed by atoms with Crippen LogP contribution in [0.25, 0.3) is 0 Å². The van der Waals surface area contributed by atoms with E-state index < -0.39 is 9.84 Å². The van der Waals surface area contributed by atoms with Gasteiger partial charge >= 0.3 is 0 Å². The second-order valence-corrected chi connectivity index (χ2v) is 14.3. The molecule has 3 heterocycles. The first-order chi connectivity index (χ1) is 21.1. The highest BCUT2D eigenvalue weighted by atomic mass is 35.5. The number of hydrogen-bond donors (Lipinski definition) is 2. The second kappa shape index (κ2) is 14.2. The van der Waals surface area contributed by atoms with Crippen molar-refractivity contribution in [2.45, 2.75) is 27.6 Å². The van der Waals surface area contributed by atoms with E-state index in [1.807, 2.05) is 13.0 Å². The van der Waals surface area contributed by atoms with Crippen molar-refractivity contribution < 1.29 is 13.2 Å². The summed E-state index contributed by atoms with van der Waals surface area (Å²) in [6.45, 7) is 7.37. The van der Waals surface area contributed by atoms with Crippen LogP contribution in [-0.4, -0.2) is 98.9 Å². The lowest BCUT2D eigenvalue weighted by Crippen LogP contribution is -2.48. The molecule has 11 nitrogen and oxygen atoms in total. The van der Waals surface area contributed by atoms with Gasteiger partial charge in [0.15, 0.2) is 32.4 Å². The fraction of sp³-hybridized carbons (Fsp3) is 0.367. The van der Waals surface area contributed by atoms with Gasteiger partial charge in [-0.1, -0.05) is 23.7 Å². The number of likely N-dealkylation sites (N-methyl/N-ethyl adjacent to an activating group) is 1. The summed E-state index contributed by atoms with van der Waals surface area (Å²) >= 11 is 7.30. The number of H-pyrrole nitrogens is 1. The topological polar surface area (TPSA) is 120 Å². The van der Waals surface area contributed by atoms with Crippen LogP contribution in [0.5, 0.6) is 5.75 Å². The summed E-state index contributed by atoms with van der Waals surface area (Å²) < 4.78 is 32.0. The van der Waals surface area contributed by atoms with Crippen molar-refractivity contribution in [3.05, 3.63) is 70.9 Å². The Morgan fingerprint density at radius 2 is 1.75 bits per heavy atom. The van der Waals surface area contributed by atoms with E-state index in [9.17, 15) is 8.42 Å². The smallest absolute Gasteiger partial charge is 0.204 e. The molecule has 4 aromatic rings. The summed E-state index contributed by atoms with van der Waals surface area (Å²) in [4.78, 5) is 17.6. The molecule has 0 aliphatic carbocycles. The average Bonchev–Trinajstić information content (AvgIpc) is 3.41. The van der Waals surface area contributed by atoms with Crippen molar-refractivity contribution in [1.82, 2.24) is 30.0 Å². The summed E-state index contributed by atoms with van der Waals surface area (Å²) in [6, 6.07) is 15.5. The van der Waals surface area contributed by atoms with Crippen LogP contribution in [0.3, 0.4) is 0 Å². The van der Waals surface area contributed by atoms with E-state index in [-0.39, 0.29) is 10.6 Å². The molecule has 2 aromatic carbocycles. The van der Waals surface area contributed by atoms with E-state index in [0.29, 0.717) is 38.9 Å². The monoisotopic (exact) mass is 656 g/mol. The SMILES string of the molecule is COc1c(Nc2cc(C)[nH]n2)nc(Sc2ccc(S(=O)(=O)Cc3ccc(Cl)cc3)cc2)nc1N1CCN(CCN(C)C)CC1. The van der Waals surface area contributed by atoms with Crippen molar-refractivity contribution >= 4 is 50.7 Å². The predicted octanol–water partition coefficient (Wildman–Crippen LogP) is 4.72. The number of anilines is 3. The van der Waals surface area contributed by atoms with Crippen molar-refractivity contribution in [1.29, 1.82) is 0 Å². The molecule has 0 amide bonds. The molecular formula is C30H37ClN8O3S2. The lowest BCUT2D eigenvalue weighted by molar-refractivity contribution is 0.228. The van der Waals surface area contributed by atoms with E-state index in [2.05, 4.69) is 44.3 Å². The van der Waals surface area contributed by atoms with E-state index in [1.54, 1.807) is 55.6 Å². The third kappa shape index (κ3) is 8.21. The summed E-state index contributed by atoms with van der Waals surface area (Å²) in [5.74, 6) is 2.26. The number of ether oxygens (including phenoxy) is 1. The van der Waals surface area contributed by atoms with Crippen LogP contribution in [0.15, 0.2) is 69.5 Å². The Morgan fingerprint density at radius 1 is 1.05 bits per heavy atom. The first kappa shape index (κ1) is 32.0. The standard InChI is InChI=1S/C30H37ClN8O3S2/c1-21-19-26(36-35-21)32-28-27(42-4)29(39-17-15-38(16-18-39)14-13-37(2)3)34-30(33-28)43-24-9-11-25(12-10-24)44(40,41)20-22-5-7-23(31)8-6-22/h5-12,19H,13-18,20H2,1-4H3,(H2,32,33,34,35,36). The maximum absolute atomic E-state index is 13.1. The van der Waals surface area contributed by atoms with Crippen molar-refractivity contribution in [2.24, 2.45) is 0 Å². The zero-order valence-electron chi connectivity index (χ0n) is 25.2. The zero-order chi connectivity index (χ0) is 31.3. The number of aromatic nitrogens is 4. The molecule has 2 aromatic heterocycles. The van der Waals surface area contributed by atoms with E-state index in [0.717, 1.165) is 49.9 Å². The highest BCUT2D eigenvalue weighted by Crippen LogP contribution is 2.38. The van der Waals surface area contributed by atoms with E-state index in [4.69, 9.17) is 26.3 Å². The molecule has 1 fully saturated rings. The van der Waals surface area contributed by atoms with Gasteiger partial charge in [-0.3, -0.25) is 10.00 Å². The van der Waals surface area contributed by atoms with Gasteiger partial charge in [0.25, 0.3) is 0 Å². The minimum absolute atomic E-state index is 0.105. The molecule has 2 N–H and O–H groups in total. The largest absolute Gasteiger partial charge is 0.490 e. The van der Waals surface area contributed by atoms with E-state index in [1.165, 1.54) is 11.8 Å². The Kier molecular flexibility index (Phi) is 10.3. The van der Waals surface area contributed by atoms with Crippen LogP contribution in [-0.2, 0) is 15.6 Å². The van der Waals surface area contributed by atoms with Gasteiger partial charge in [0.2, 0.25) is 5.75 Å². The molecular weight excluding hydrogens is 620 g/mol. The van der Waals surface area contributed by atoms with Crippen LogP contribution in [0.1, 0.15) is 11.3 Å². The molecule has 234 valence electrons. The molecule has 0 bridgehead atoms. The number of rotatable bonds is 12. The number of aryl methyl sites for hydroxylation is 1. The van der Waals surface area contributed by atoms with Gasteiger partial charge in [-0.15, -0.1) is 0 Å². The predicted molar refractivity (Wildman–Crippen MR) is 175 cm³/mol. The fourth-order valence-corrected chi connectivity index (χ4v) is 7.01. The molecule has 0 saturated carbocycles. The van der Waals surface area contributed by atoms with E-state index >= 15 is 0 Å². The number of methoxy groups -OCH3 is 1. The third-order valence-corrected chi connectivity index (χ3v) is 10.0. The summed E-state index contributed by atoms with van der Waals surface area (Å²) in [6.07, 6.45) is 0. The van der Waals surface area contributed by atoms with Gasteiger partial charge in [0.1, 0.15) is 0 Å². The quantitative estimate of drug-likeness (QED) is 0.206. The number of benzene rings is 2. The zero-order valence-corrected chi connectivity index (χ0v) is 27.6. The number of nitrogens with one attached hydrogen (secondary N) is 2. The molecule has 0 atom stereocenters. The second-order valence-electron chi connectivity index (χ2n) is 10.9. The number of sulfone groups is 1. The number of hydrogen-bond acceptors (Lipinski definition) is 11. The minimum atomic E-state index is -3.53. The first-order valence-electron chi connectivity index (χ1n) is 14.2. The lowest BCUT2D eigenvalue weighted by Gasteiger charge is -2.36. The van der Waals surface area contributed by atoms with Gasteiger partial charge in [0.05, 0.1) is 17.8 Å². The molecule has 14 heteroatoms. The Morgan fingerprint density at radius 3 is 2.36 bits per heavy atom. The van der Waals surface area contributed by atoms with Crippen molar-refractivity contribution in [3.8, 4) is 5.75 Å². The van der Waals surface area contributed by atoms with Gasteiger partial charge in [-0.25, -0.2) is 18.4 Å². The first-order valence-corrected chi connectivity index (χ1v) is 17.1. The highest BCUT2D eigenvalue weighted by Gasteiger charge is 2.25. The van der Waals surface area contributed by atoms with Crippen molar-refractivity contribution in [3.63, 3.8) is 0 Å². The van der Waals surface area contributed by atoms with Gasteiger partial charge in [-0.05, 0) is 74.7 Å². The average molecular weight is 657 g/mol. The van der Waals surface area contributed by atoms with Gasteiger partial charge in [-0.2, -0.15) is 5.10 Å². The van der Waals surface area contributed by atoms with Crippen molar-refractivity contribution in [2.75, 3.05) is 70.7 Å². The normalized spacial score (nSPS) is 14.3. The summed E-state index contributed by atoms with van der Waals surface area (Å²) in [5, 5.41) is 11.6. The molecule has 1 aliphatic heterocycles. The van der Waals surface area contributed by atoms with Crippen LogP contribution in [0.4, 0.5) is 17.5 Å². The Balaban J connectivity index is 1.38. The molecule has 1 aliphatic rings. The maximum Gasteiger partial charge on any atom is 0.204 e. The molecule has 0 unspecified atom stereocenters. The number of nitrogens with zero attached hydrogens (tertiary/aromatic N) is 6. The molecule has 0 radical (unpaired) electrons. The summed E-state index contributed by atoms with van der Waals surface area (Å²) in [5.41, 5.74) is 1.59. The highest BCUT2D eigenvalue weighted by molar-refractivity contribution is 7.99. The fourth-order valence-electron chi connectivity index (χ4n) is 4.78. The molecule has 1 saturated heterocycles. The van der Waals surface area contributed by atoms with Crippen LogP contribution >= 0.6 is 23.4 Å². The molecule has 44 heavy (non-hydrogen) atoms. The van der Waals surface area contributed by atoms with Crippen LogP contribution < -0.4 is 15.0 Å². The minimum Gasteiger partial charge on any atom is -0.490 e. The number of aromatic amines is 1. The van der Waals surface area contributed by atoms with Crippen LogP contribution in [0, 0.1) is 6.92 Å².